The van der Waals surface area contributed by atoms with Crippen LogP contribution in [-0.4, -0.2) is 36.7 Å². The molecule has 2 heterocycles. The van der Waals surface area contributed by atoms with Crippen LogP contribution in [0, 0.1) is 6.92 Å². The van der Waals surface area contributed by atoms with Crippen LogP contribution < -0.4 is 10.6 Å². The molecule has 0 aromatic carbocycles. The fourth-order valence-corrected chi connectivity index (χ4v) is 2.22. The van der Waals surface area contributed by atoms with Gasteiger partial charge in [0.05, 0.1) is 30.5 Å². The second-order valence-corrected chi connectivity index (χ2v) is 5.03. The maximum Gasteiger partial charge on any atom is 0.227 e. The lowest BCUT2D eigenvalue weighted by atomic mass is 10.2. The van der Waals surface area contributed by atoms with Crippen LogP contribution in [0.1, 0.15) is 12.1 Å². The van der Waals surface area contributed by atoms with Crippen LogP contribution in [0.5, 0.6) is 0 Å². The molecule has 98 valence electrons. The number of hydrogen-bond acceptors (Lipinski definition) is 4. The highest BCUT2D eigenvalue weighted by molar-refractivity contribution is 9.10. The van der Waals surface area contributed by atoms with E-state index in [4.69, 9.17) is 4.74 Å². The molecule has 1 unspecified atom stereocenters. The summed E-state index contributed by atoms with van der Waals surface area (Å²) < 4.78 is 6.25. The first-order valence-electron chi connectivity index (χ1n) is 5.90. The first-order valence-corrected chi connectivity index (χ1v) is 6.70. The number of halogens is 1. The van der Waals surface area contributed by atoms with Gasteiger partial charge in [-0.05, 0) is 35.0 Å². The first-order chi connectivity index (χ1) is 8.65. The number of carbonyl (C=O) groups excluding carboxylic acids is 1. The molecule has 1 aliphatic rings. The Hall–Kier alpha value is -0.980. The van der Waals surface area contributed by atoms with Crippen molar-refractivity contribution in [3.8, 4) is 0 Å². The van der Waals surface area contributed by atoms with Crippen molar-refractivity contribution in [1.29, 1.82) is 0 Å². The van der Waals surface area contributed by atoms with Gasteiger partial charge in [-0.25, -0.2) is 4.98 Å². The minimum Gasteiger partial charge on any atom is -0.375 e. The molecular formula is C12H16BrN3O2. The van der Waals surface area contributed by atoms with Crippen LogP contribution in [0.15, 0.2) is 16.7 Å². The molecule has 1 amide bonds. The fraction of sp³-hybridized carbons (Fsp3) is 0.500. The molecule has 0 spiro atoms. The van der Waals surface area contributed by atoms with Crippen LogP contribution in [0.4, 0.5) is 5.69 Å². The summed E-state index contributed by atoms with van der Waals surface area (Å²) in [5, 5.41) is 6.05. The summed E-state index contributed by atoms with van der Waals surface area (Å²) in [4.78, 5) is 16.1. The Morgan fingerprint density at radius 2 is 2.50 bits per heavy atom. The standard InChI is InChI=1S/C12H16BrN3O2/c1-8-10(2-3-11(13)15-8)16-12(17)6-9-7-14-4-5-18-9/h2-3,9,14H,4-7H2,1H3,(H,16,17). The minimum atomic E-state index is -0.0454. The molecule has 18 heavy (non-hydrogen) atoms. The SMILES string of the molecule is Cc1nc(Br)ccc1NC(=O)CC1CNCCO1. The Labute approximate surface area is 114 Å². The first kappa shape index (κ1) is 13.5. The van der Waals surface area contributed by atoms with Crippen LogP contribution in [0.2, 0.25) is 0 Å². The molecular weight excluding hydrogens is 298 g/mol. The number of aromatic nitrogens is 1. The summed E-state index contributed by atoms with van der Waals surface area (Å²) in [6.45, 7) is 4.11. The van der Waals surface area contributed by atoms with E-state index in [1.54, 1.807) is 6.07 Å². The van der Waals surface area contributed by atoms with Crippen molar-refractivity contribution in [1.82, 2.24) is 10.3 Å². The normalized spacial score (nSPS) is 19.6. The molecule has 1 saturated heterocycles. The number of pyridine rings is 1. The topological polar surface area (TPSA) is 63.2 Å². The number of nitrogens with one attached hydrogen (secondary N) is 2. The molecule has 1 aromatic rings. The van der Waals surface area contributed by atoms with E-state index in [-0.39, 0.29) is 12.0 Å². The predicted molar refractivity (Wildman–Crippen MR) is 72.5 cm³/mol. The summed E-state index contributed by atoms with van der Waals surface area (Å²) in [6, 6.07) is 3.64. The van der Waals surface area contributed by atoms with E-state index in [0.29, 0.717) is 13.0 Å². The maximum atomic E-state index is 11.9. The fourth-order valence-electron chi connectivity index (χ4n) is 1.82. The Morgan fingerprint density at radius 3 is 3.17 bits per heavy atom. The van der Waals surface area contributed by atoms with Crippen LogP contribution in [-0.2, 0) is 9.53 Å². The number of anilines is 1. The lowest BCUT2D eigenvalue weighted by molar-refractivity contribution is -0.119. The van der Waals surface area contributed by atoms with Crippen molar-refractivity contribution < 1.29 is 9.53 Å². The van der Waals surface area contributed by atoms with E-state index in [2.05, 4.69) is 31.5 Å². The molecule has 2 rings (SSSR count). The van der Waals surface area contributed by atoms with Gasteiger partial charge in [0, 0.05) is 13.1 Å². The maximum absolute atomic E-state index is 11.9. The van der Waals surface area contributed by atoms with Gasteiger partial charge < -0.3 is 15.4 Å². The van der Waals surface area contributed by atoms with Crippen molar-refractivity contribution in [2.75, 3.05) is 25.0 Å². The summed E-state index contributed by atoms with van der Waals surface area (Å²) in [6.07, 6.45) is 0.324. The molecule has 1 aliphatic heterocycles. The highest BCUT2D eigenvalue weighted by Crippen LogP contribution is 2.16. The third-order valence-electron chi connectivity index (χ3n) is 2.74. The van der Waals surface area contributed by atoms with Crippen LogP contribution >= 0.6 is 15.9 Å². The van der Waals surface area contributed by atoms with E-state index in [1.165, 1.54) is 0 Å². The summed E-state index contributed by atoms with van der Waals surface area (Å²) in [5.74, 6) is -0.0454. The Balaban J connectivity index is 1.90. The van der Waals surface area contributed by atoms with Gasteiger partial charge in [-0.3, -0.25) is 4.79 Å². The van der Waals surface area contributed by atoms with Gasteiger partial charge in [0.1, 0.15) is 4.60 Å². The molecule has 1 atom stereocenters. The molecule has 0 radical (unpaired) electrons. The van der Waals surface area contributed by atoms with Crippen molar-refractivity contribution >= 4 is 27.5 Å². The molecule has 1 aromatic heterocycles. The highest BCUT2D eigenvalue weighted by Gasteiger charge is 2.17. The van der Waals surface area contributed by atoms with E-state index in [9.17, 15) is 4.79 Å². The van der Waals surface area contributed by atoms with E-state index >= 15 is 0 Å². The number of rotatable bonds is 3. The molecule has 1 fully saturated rings. The van der Waals surface area contributed by atoms with Crippen molar-refractivity contribution in [2.24, 2.45) is 0 Å². The highest BCUT2D eigenvalue weighted by atomic mass is 79.9. The van der Waals surface area contributed by atoms with Gasteiger partial charge in [-0.1, -0.05) is 0 Å². The van der Waals surface area contributed by atoms with Gasteiger partial charge in [-0.2, -0.15) is 0 Å². The summed E-state index contributed by atoms with van der Waals surface area (Å²) in [7, 11) is 0. The minimum absolute atomic E-state index is 0.0394. The summed E-state index contributed by atoms with van der Waals surface area (Å²) in [5.41, 5.74) is 1.53. The van der Waals surface area contributed by atoms with Crippen LogP contribution in [0.25, 0.3) is 0 Å². The van der Waals surface area contributed by atoms with Crippen LogP contribution in [0.3, 0.4) is 0 Å². The zero-order valence-electron chi connectivity index (χ0n) is 10.2. The smallest absolute Gasteiger partial charge is 0.227 e. The zero-order chi connectivity index (χ0) is 13.0. The molecule has 0 bridgehead atoms. The van der Waals surface area contributed by atoms with Gasteiger partial charge in [-0.15, -0.1) is 0 Å². The largest absolute Gasteiger partial charge is 0.375 e. The van der Waals surface area contributed by atoms with Crippen molar-refractivity contribution in [2.45, 2.75) is 19.4 Å². The third kappa shape index (κ3) is 3.76. The Kier molecular flexibility index (Phi) is 4.68. The zero-order valence-corrected chi connectivity index (χ0v) is 11.8. The molecule has 6 heteroatoms. The van der Waals surface area contributed by atoms with Crippen molar-refractivity contribution in [3.05, 3.63) is 22.4 Å². The molecule has 0 aliphatic carbocycles. The van der Waals surface area contributed by atoms with Gasteiger partial charge in [0.25, 0.3) is 0 Å². The monoisotopic (exact) mass is 313 g/mol. The number of ether oxygens (including phenoxy) is 1. The summed E-state index contributed by atoms with van der Waals surface area (Å²) >= 11 is 3.29. The number of nitrogens with zero attached hydrogens (tertiary/aromatic N) is 1. The number of amides is 1. The Morgan fingerprint density at radius 1 is 1.67 bits per heavy atom. The van der Waals surface area contributed by atoms with Crippen molar-refractivity contribution in [3.63, 3.8) is 0 Å². The third-order valence-corrected chi connectivity index (χ3v) is 3.19. The number of aryl methyl sites for hydroxylation is 1. The van der Waals surface area contributed by atoms with E-state index < -0.39 is 0 Å². The Bertz CT molecular complexity index is 433. The molecule has 2 N–H and O–H groups in total. The number of carbonyl (C=O) groups is 1. The average Bonchev–Trinajstić information content (AvgIpc) is 2.34. The lowest BCUT2D eigenvalue weighted by Crippen LogP contribution is -2.40. The molecule has 0 saturated carbocycles. The second kappa shape index (κ2) is 6.26. The average molecular weight is 314 g/mol. The van der Waals surface area contributed by atoms with Gasteiger partial charge in [0.2, 0.25) is 5.91 Å². The van der Waals surface area contributed by atoms with E-state index in [0.717, 1.165) is 29.1 Å². The van der Waals surface area contributed by atoms with Gasteiger partial charge >= 0.3 is 0 Å². The predicted octanol–water partition coefficient (Wildman–Crippen LogP) is 1.47. The van der Waals surface area contributed by atoms with E-state index in [1.807, 2.05) is 13.0 Å². The molecule has 5 nitrogen and oxygen atoms in total. The quantitative estimate of drug-likeness (QED) is 0.830. The van der Waals surface area contributed by atoms with Gasteiger partial charge in [0.15, 0.2) is 0 Å². The lowest BCUT2D eigenvalue weighted by Gasteiger charge is -2.23. The number of hydrogen-bond donors (Lipinski definition) is 2. The second-order valence-electron chi connectivity index (χ2n) is 4.22. The number of morpholine rings is 1.